The number of thiophene rings is 1. The highest BCUT2D eigenvalue weighted by Crippen LogP contribution is 2.22. The quantitative estimate of drug-likeness (QED) is 0.774. The van der Waals surface area contributed by atoms with Gasteiger partial charge in [0, 0.05) is 26.2 Å². The Labute approximate surface area is 155 Å². The summed E-state index contributed by atoms with van der Waals surface area (Å²) in [7, 11) is -3.49. The monoisotopic (exact) mass is 398 g/mol. The largest absolute Gasteiger partial charge is 0.481 e. The van der Waals surface area contributed by atoms with Gasteiger partial charge in [0.05, 0.1) is 0 Å². The molecule has 1 atom stereocenters. The van der Waals surface area contributed by atoms with Crippen molar-refractivity contribution in [1.29, 1.82) is 0 Å². The average Bonchev–Trinajstić information content (AvgIpc) is 3.18. The van der Waals surface area contributed by atoms with Gasteiger partial charge in [0.1, 0.15) is 15.8 Å². The molecule has 1 aromatic carbocycles. The van der Waals surface area contributed by atoms with Crippen LogP contribution in [0.1, 0.15) is 6.92 Å². The van der Waals surface area contributed by atoms with E-state index in [0.29, 0.717) is 23.0 Å². The van der Waals surface area contributed by atoms with E-state index in [9.17, 15) is 17.6 Å². The van der Waals surface area contributed by atoms with Crippen LogP contribution in [0.2, 0.25) is 0 Å². The Kier molecular flexibility index (Phi) is 5.59. The van der Waals surface area contributed by atoms with Gasteiger partial charge in [0.15, 0.2) is 6.10 Å². The number of nitrogens with zero attached hydrogens (tertiary/aromatic N) is 2. The van der Waals surface area contributed by atoms with Crippen LogP contribution >= 0.6 is 11.3 Å². The van der Waals surface area contributed by atoms with Gasteiger partial charge in [-0.15, -0.1) is 11.3 Å². The van der Waals surface area contributed by atoms with E-state index in [1.54, 1.807) is 29.3 Å². The van der Waals surface area contributed by atoms with Crippen molar-refractivity contribution in [2.75, 3.05) is 26.2 Å². The van der Waals surface area contributed by atoms with E-state index in [-0.39, 0.29) is 24.8 Å². The second-order valence-electron chi connectivity index (χ2n) is 5.88. The lowest BCUT2D eigenvalue weighted by atomic mass is 10.2. The molecule has 1 saturated heterocycles. The summed E-state index contributed by atoms with van der Waals surface area (Å²) < 4.78 is 45.2. The highest BCUT2D eigenvalue weighted by Gasteiger charge is 2.32. The van der Waals surface area contributed by atoms with Crippen molar-refractivity contribution in [2.45, 2.75) is 17.2 Å². The van der Waals surface area contributed by atoms with Crippen LogP contribution in [-0.2, 0) is 14.8 Å². The van der Waals surface area contributed by atoms with Crippen molar-refractivity contribution < 1.29 is 22.3 Å². The first kappa shape index (κ1) is 18.8. The highest BCUT2D eigenvalue weighted by atomic mass is 32.2. The molecule has 140 valence electrons. The lowest BCUT2D eigenvalue weighted by Crippen LogP contribution is -2.53. The molecule has 0 spiro atoms. The summed E-state index contributed by atoms with van der Waals surface area (Å²) in [5.41, 5.74) is 0. The van der Waals surface area contributed by atoms with Crippen LogP contribution in [0.5, 0.6) is 5.75 Å². The molecular formula is C17H19FN2O4S2. The molecule has 0 unspecified atom stereocenters. The van der Waals surface area contributed by atoms with Gasteiger partial charge in [0.2, 0.25) is 0 Å². The minimum atomic E-state index is -3.49. The van der Waals surface area contributed by atoms with Crippen molar-refractivity contribution in [3.05, 3.63) is 47.6 Å². The molecular weight excluding hydrogens is 379 g/mol. The summed E-state index contributed by atoms with van der Waals surface area (Å²) in [4.78, 5) is 14.1. The van der Waals surface area contributed by atoms with Gasteiger partial charge < -0.3 is 9.64 Å². The standard InChI is InChI=1S/C17H19FN2O4S2/c1-13(24-15-6-4-14(18)5-7-15)17(21)19-8-10-20(11-9-19)26(22,23)16-3-2-12-25-16/h2-7,12-13H,8-11H2,1H3/t13-/m0/s1. The zero-order chi connectivity index (χ0) is 18.7. The fourth-order valence-corrected chi connectivity index (χ4v) is 5.28. The number of ether oxygens (including phenoxy) is 1. The van der Waals surface area contributed by atoms with Crippen LogP contribution in [0, 0.1) is 5.82 Å². The first-order valence-electron chi connectivity index (χ1n) is 8.12. The van der Waals surface area contributed by atoms with E-state index < -0.39 is 16.1 Å². The Morgan fingerprint density at radius 3 is 2.38 bits per heavy atom. The molecule has 9 heteroatoms. The van der Waals surface area contributed by atoms with Crippen molar-refractivity contribution >= 4 is 27.3 Å². The van der Waals surface area contributed by atoms with Gasteiger partial charge in [-0.2, -0.15) is 4.31 Å². The maximum Gasteiger partial charge on any atom is 0.263 e. The number of sulfonamides is 1. The Balaban J connectivity index is 1.57. The Morgan fingerprint density at radius 2 is 1.81 bits per heavy atom. The molecule has 26 heavy (non-hydrogen) atoms. The Bertz CT molecular complexity index is 845. The number of rotatable bonds is 5. The normalized spacial score (nSPS) is 17.1. The molecule has 2 heterocycles. The topological polar surface area (TPSA) is 66.9 Å². The third kappa shape index (κ3) is 4.05. The predicted octanol–water partition coefficient (Wildman–Crippen LogP) is 2.19. The first-order chi connectivity index (χ1) is 12.4. The number of hydrogen-bond donors (Lipinski definition) is 0. The summed E-state index contributed by atoms with van der Waals surface area (Å²) in [6.45, 7) is 2.73. The number of halogens is 1. The zero-order valence-corrected chi connectivity index (χ0v) is 15.8. The lowest BCUT2D eigenvalue weighted by Gasteiger charge is -2.34. The van der Waals surface area contributed by atoms with Gasteiger partial charge in [-0.05, 0) is 42.6 Å². The van der Waals surface area contributed by atoms with Gasteiger partial charge in [-0.3, -0.25) is 4.79 Å². The van der Waals surface area contributed by atoms with E-state index in [0.717, 1.165) is 0 Å². The van der Waals surface area contributed by atoms with Crippen molar-refractivity contribution in [3.63, 3.8) is 0 Å². The number of hydrogen-bond acceptors (Lipinski definition) is 5. The second kappa shape index (κ2) is 7.73. The van der Waals surface area contributed by atoms with Gasteiger partial charge in [-0.1, -0.05) is 6.07 Å². The number of piperazine rings is 1. The summed E-state index contributed by atoms with van der Waals surface area (Å²) in [6, 6.07) is 8.73. The van der Waals surface area contributed by atoms with E-state index in [4.69, 9.17) is 4.74 Å². The van der Waals surface area contributed by atoms with Crippen LogP contribution in [0.15, 0.2) is 46.0 Å². The highest BCUT2D eigenvalue weighted by molar-refractivity contribution is 7.91. The molecule has 0 saturated carbocycles. The third-order valence-electron chi connectivity index (χ3n) is 4.11. The van der Waals surface area contributed by atoms with Crippen LogP contribution in [0.4, 0.5) is 4.39 Å². The van der Waals surface area contributed by atoms with E-state index >= 15 is 0 Å². The molecule has 0 radical (unpaired) electrons. The van der Waals surface area contributed by atoms with Gasteiger partial charge in [0.25, 0.3) is 15.9 Å². The molecule has 6 nitrogen and oxygen atoms in total. The zero-order valence-electron chi connectivity index (χ0n) is 14.2. The molecule has 1 aromatic heterocycles. The number of carbonyl (C=O) groups excluding carboxylic acids is 1. The van der Waals surface area contributed by atoms with E-state index in [1.165, 1.54) is 39.9 Å². The van der Waals surface area contributed by atoms with Gasteiger partial charge >= 0.3 is 0 Å². The van der Waals surface area contributed by atoms with E-state index in [1.807, 2.05) is 0 Å². The van der Waals surface area contributed by atoms with Crippen LogP contribution in [0.3, 0.4) is 0 Å². The summed E-state index contributed by atoms with van der Waals surface area (Å²) in [5.74, 6) is -0.187. The van der Waals surface area contributed by atoms with Crippen molar-refractivity contribution in [1.82, 2.24) is 9.21 Å². The number of benzene rings is 1. The van der Waals surface area contributed by atoms with Crippen molar-refractivity contribution in [3.8, 4) is 5.75 Å². The van der Waals surface area contributed by atoms with Crippen LogP contribution in [0.25, 0.3) is 0 Å². The SMILES string of the molecule is C[C@H](Oc1ccc(F)cc1)C(=O)N1CCN(S(=O)(=O)c2cccs2)CC1. The molecule has 3 rings (SSSR count). The molecule has 1 amide bonds. The van der Waals surface area contributed by atoms with Crippen molar-refractivity contribution in [2.24, 2.45) is 0 Å². The smallest absolute Gasteiger partial charge is 0.263 e. The summed E-state index contributed by atoms with van der Waals surface area (Å²) in [6.07, 6.45) is -0.735. The molecule has 0 bridgehead atoms. The lowest BCUT2D eigenvalue weighted by molar-refractivity contribution is -0.139. The fraction of sp³-hybridized carbons (Fsp3) is 0.353. The molecule has 1 aliphatic heterocycles. The number of carbonyl (C=O) groups is 1. The molecule has 2 aromatic rings. The van der Waals surface area contributed by atoms with E-state index in [2.05, 4.69) is 0 Å². The van der Waals surface area contributed by atoms with Crippen LogP contribution < -0.4 is 4.74 Å². The molecule has 1 aliphatic rings. The minimum Gasteiger partial charge on any atom is -0.481 e. The van der Waals surface area contributed by atoms with Gasteiger partial charge in [-0.25, -0.2) is 12.8 Å². The Morgan fingerprint density at radius 1 is 1.15 bits per heavy atom. The number of amides is 1. The maximum absolute atomic E-state index is 12.9. The summed E-state index contributed by atoms with van der Waals surface area (Å²) in [5, 5.41) is 1.72. The second-order valence-corrected chi connectivity index (χ2v) is 8.99. The summed E-state index contributed by atoms with van der Waals surface area (Å²) >= 11 is 1.18. The predicted molar refractivity (Wildman–Crippen MR) is 96.1 cm³/mol. The Hall–Kier alpha value is -1.97. The third-order valence-corrected chi connectivity index (χ3v) is 7.39. The molecule has 0 aliphatic carbocycles. The minimum absolute atomic E-state index is 0.220. The maximum atomic E-state index is 12.9. The fourth-order valence-electron chi connectivity index (χ4n) is 2.71. The molecule has 0 N–H and O–H groups in total. The first-order valence-corrected chi connectivity index (χ1v) is 10.4. The molecule has 1 fully saturated rings. The van der Waals surface area contributed by atoms with Crippen LogP contribution in [-0.4, -0.2) is 55.8 Å². The average molecular weight is 398 g/mol.